The SMILES string of the molecule is CN=C(NCc1ccc(N2CCCC2)nc1)NC1CCN(c2cccs2)CC1.I. The molecule has 2 saturated heterocycles. The summed E-state index contributed by atoms with van der Waals surface area (Å²) in [6.45, 7) is 5.19. The van der Waals surface area contributed by atoms with Gasteiger partial charge in [-0.05, 0) is 54.8 Å². The lowest BCUT2D eigenvalue weighted by molar-refractivity contribution is 0.463. The van der Waals surface area contributed by atoms with Crippen molar-refractivity contribution in [1.29, 1.82) is 0 Å². The lowest BCUT2D eigenvalue weighted by Gasteiger charge is -2.33. The van der Waals surface area contributed by atoms with Gasteiger partial charge in [0.25, 0.3) is 0 Å². The number of hydrogen-bond acceptors (Lipinski definition) is 5. The third-order valence-corrected chi connectivity index (χ3v) is 6.51. The number of hydrogen-bond donors (Lipinski definition) is 2. The van der Waals surface area contributed by atoms with E-state index in [4.69, 9.17) is 0 Å². The van der Waals surface area contributed by atoms with Gasteiger partial charge in [-0.1, -0.05) is 6.07 Å². The summed E-state index contributed by atoms with van der Waals surface area (Å²) in [6.07, 6.45) is 6.79. The Kier molecular flexibility index (Phi) is 8.40. The summed E-state index contributed by atoms with van der Waals surface area (Å²) in [4.78, 5) is 13.9. The molecule has 0 saturated carbocycles. The zero-order chi connectivity index (χ0) is 19.2. The Labute approximate surface area is 194 Å². The minimum atomic E-state index is 0. The molecule has 2 aliphatic heterocycles. The molecule has 0 unspecified atom stereocenters. The van der Waals surface area contributed by atoms with Crippen molar-refractivity contribution in [1.82, 2.24) is 15.6 Å². The first kappa shape index (κ1) is 22.1. The van der Waals surface area contributed by atoms with Crippen molar-refractivity contribution >= 4 is 52.1 Å². The zero-order valence-electron chi connectivity index (χ0n) is 17.0. The van der Waals surface area contributed by atoms with Crippen LogP contribution in [0, 0.1) is 0 Å². The number of anilines is 2. The Morgan fingerprint density at radius 2 is 1.93 bits per heavy atom. The highest BCUT2D eigenvalue weighted by Gasteiger charge is 2.20. The Hall–Kier alpha value is -1.55. The predicted octanol–water partition coefficient (Wildman–Crippen LogP) is 3.70. The van der Waals surface area contributed by atoms with Crippen molar-refractivity contribution < 1.29 is 0 Å². The molecule has 2 N–H and O–H groups in total. The van der Waals surface area contributed by atoms with E-state index in [1.165, 1.54) is 23.4 Å². The quantitative estimate of drug-likeness (QED) is 0.354. The molecule has 2 fully saturated rings. The molecule has 2 aromatic heterocycles. The van der Waals surface area contributed by atoms with Crippen LogP contribution in [0.2, 0.25) is 0 Å². The van der Waals surface area contributed by atoms with Crippen molar-refractivity contribution in [2.45, 2.75) is 38.3 Å². The number of halogens is 1. The molecule has 2 aliphatic rings. The lowest BCUT2D eigenvalue weighted by Crippen LogP contribution is -2.48. The molecule has 4 heterocycles. The Morgan fingerprint density at radius 3 is 2.55 bits per heavy atom. The minimum absolute atomic E-state index is 0. The minimum Gasteiger partial charge on any atom is -0.363 e. The van der Waals surface area contributed by atoms with Crippen LogP contribution in [0.3, 0.4) is 0 Å². The van der Waals surface area contributed by atoms with Crippen molar-refractivity contribution in [2.75, 3.05) is 43.0 Å². The third kappa shape index (κ3) is 5.97. The van der Waals surface area contributed by atoms with Crippen LogP contribution in [-0.2, 0) is 6.54 Å². The number of nitrogens with one attached hydrogen (secondary N) is 2. The van der Waals surface area contributed by atoms with Gasteiger partial charge in [-0.3, -0.25) is 4.99 Å². The molecule has 0 radical (unpaired) electrons. The summed E-state index contributed by atoms with van der Waals surface area (Å²) in [5, 5.41) is 10.6. The second kappa shape index (κ2) is 11.0. The van der Waals surface area contributed by atoms with E-state index in [-0.39, 0.29) is 24.0 Å². The number of thiophene rings is 1. The van der Waals surface area contributed by atoms with E-state index in [9.17, 15) is 0 Å². The van der Waals surface area contributed by atoms with Gasteiger partial charge in [0.2, 0.25) is 0 Å². The largest absolute Gasteiger partial charge is 0.363 e. The normalized spacial score (nSPS) is 17.9. The van der Waals surface area contributed by atoms with Gasteiger partial charge < -0.3 is 20.4 Å². The molecule has 8 heteroatoms. The molecule has 0 aliphatic carbocycles. The molecular weight excluding hydrogens is 495 g/mol. The molecule has 2 aromatic rings. The number of aromatic nitrogens is 1. The maximum absolute atomic E-state index is 4.63. The van der Waals surface area contributed by atoms with Crippen molar-refractivity contribution in [3.8, 4) is 0 Å². The number of rotatable bonds is 5. The molecule has 158 valence electrons. The fourth-order valence-electron chi connectivity index (χ4n) is 3.92. The van der Waals surface area contributed by atoms with Crippen molar-refractivity contribution in [3.63, 3.8) is 0 Å². The van der Waals surface area contributed by atoms with E-state index in [0.29, 0.717) is 6.04 Å². The van der Waals surface area contributed by atoms with Crippen LogP contribution in [0.15, 0.2) is 40.8 Å². The van der Waals surface area contributed by atoms with Crippen LogP contribution in [0.25, 0.3) is 0 Å². The Bertz CT molecular complexity index is 750. The molecule has 6 nitrogen and oxygen atoms in total. The maximum Gasteiger partial charge on any atom is 0.191 e. The summed E-state index contributed by atoms with van der Waals surface area (Å²) in [7, 11) is 1.84. The first-order chi connectivity index (χ1) is 13.8. The highest BCUT2D eigenvalue weighted by Crippen LogP contribution is 2.24. The third-order valence-electron chi connectivity index (χ3n) is 5.58. The smallest absolute Gasteiger partial charge is 0.191 e. The lowest BCUT2D eigenvalue weighted by atomic mass is 10.1. The Morgan fingerprint density at radius 1 is 1.14 bits per heavy atom. The van der Waals surface area contributed by atoms with Crippen LogP contribution >= 0.6 is 35.3 Å². The first-order valence-corrected chi connectivity index (χ1v) is 11.2. The summed E-state index contributed by atoms with van der Waals surface area (Å²) >= 11 is 1.82. The summed E-state index contributed by atoms with van der Waals surface area (Å²) in [5.41, 5.74) is 1.18. The number of piperidine rings is 1. The highest BCUT2D eigenvalue weighted by atomic mass is 127. The van der Waals surface area contributed by atoms with Gasteiger partial charge in [0, 0.05) is 52.0 Å². The first-order valence-electron chi connectivity index (χ1n) is 10.3. The van der Waals surface area contributed by atoms with Crippen molar-refractivity contribution in [2.24, 2.45) is 4.99 Å². The monoisotopic (exact) mass is 526 g/mol. The number of aliphatic imine (C=N–C) groups is 1. The summed E-state index contributed by atoms with van der Waals surface area (Å²) in [6, 6.07) is 9.11. The number of guanidine groups is 1. The number of pyridine rings is 1. The number of nitrogens with zero attached hydrogens (tertiary/aromatic N) is 4. The van der Waals surface area contributed by atoms with E-state index in [2.05, 4.69) is 60.1 Å². The van der Waals surface area contributed by atoms with Gasteiger partial charge in [-0.2, -0.15) is 0 Å². The van der Waals surface area contributed by atoms with Crippen LogP contribution in [0.4, 0.5) is 10.8 Å². The molecule has 29 heavy (non-hydrogen) atoms. The molecule has 0 spiro atoms. The Balaban J connectivity index is 0.00000240. The van der Waals surface area contributed by atoms with E-state index in [1.54, 1.807) is 0 Å². The van der Waals surface area contributed by atoms with Crippen LogP contribution in [0.1, 0.15) is 31.2 Å². The second-order valence-corrected chi connectivity index (χ2v) is 8.43. The van der Waals surface area contributed by atoms with Gasteiger partial charge in [-0.15, -0.1) is 35.3 Å². The fraction of sp³-hybridized carbons (Fsp3) is 0.524. The zero-order valence-corrected chi connectivity index (χ0v) is 20.2. The molecule has 4 rings (SSSR count). The van der Waals surface area contributed by atoms with Crippen LogP contribution in [0.5, 0.6) is 0 Å². The fourth-order valence-corrected chi connectivity index (χ4v) is 4.71. The van der Waals surface area contributed by atoms with Crippen LogP contribution in [-0.4, -0.2) is 50.2 Å². The second-order valence-electron chi connectivity index (χ2n) is 7.50. The van der Waals surface area contributed by atoms with E-state index >= 15 is 0 Å². The maximum atomic E-state index is 4.63. The van der Waals surface area contributed by atoms with Gasteiger partial charge in [0.05, 0.1) is 5.00 Å². The van der Waals surface area contributed by atoms with E-state index in [1.807, 2.05) is 24.6 Å². The molecule has 0 bridgehead atoms. The summed E-state index contributed by atoms with van der Waals surface area (Å²) < 4.78 is 0. The highest BCUT2D eigenvalue weighted by molar-refractivity contribution is 14.0. The average molecular weight is 526 g/mol. The van der Waals surface area contributed by atoms with Gasteiger partial charge in [-0.25, -0.2) is 4.98 Å². The predicted molar refractivity (Wildman–Crippen MR) is 134 cm³/mol. The molecular formula is C21H31IN6S. The van der Waals surface area contributed by atoms with Crippen molar-refractivity contribution in [3.05, 3.63) is 41.4 Å². The van der Waals surface area contributed by atoms with Gasteiger partial charge >= 0.3 is 0 Å². The molecule has 0 atom stereocenters. The summed E-state index contributed by atoms with van der Waals surface area (Å²) in [5.74, 6) is 1.97. The van der Waals surface area contributed by atoms with E-state index in [0.717, 1.165) is 57.3 Å². The molecule has 0 amide bonds. The van der Waals surface area contributed by atoms with Crippen LogP contribution < -0.4 is 20.4 Å². The average Bonchev–Trinajstić information content (AvgIpc) is 3.46. The molecule has 0 aromatic carbocycles. The topological polar surface area (TPSA) is 55.8 Å². The van der Waals surface area contributed by atoms with Gasteiger partial charge in [0.1, 0.15) is 5.82 Å². The standard InChI is InChI=1S/C21H30N6S.HI/c1-22-21(25-18-8-12-27(13-9-18)20-5-4-14-28-20)24-16-17-6-7-19(23-15-17)26-10-2-3-11-26;/h4-7,14-15,18H,2-3,8-13,16H2,1H3,(H2,22,24,25);1H. The van der Waals surface area contributed by atoms with E-state index < -0.39 is 0 Å². The van der Waals surface area contributed by atoms with Gasteiger partial charge in [0.15, 0.2) is 5.96 Å².